The summed E-state index contributed by atoms with van der Waals surface area (Å²) in [4.78, 5) is 29.9. The Balaban J connectivity index is 1.50. The smallest absolute Gasteiger partial charge is 0.407 e. The molecule has 1 aliphatic carbocycles. The van der Waals surface area contributed by atoms with Crippen LogP contribution in [-0.2, 0) is 13.9 Å². The summed E-state index contributed by atoms with van der Waals surface area (Å²) >= 11 is 1.40. The number of nitrogens with one attached hydrogen (secondary N) is 1. The highest BCUT2D eigenvalue weighted by molar-refractivity contribution is 7.09. The normalized spacial score (nSPS) is 14.3. The fourth-order valence-electron chi connectivity index (χ4n) is 5.65. The number of thiazole rings is 1. The van der Waals surface area contributed by atoms with E-state index in [1.807, 2.05) is 24.3 Å². The van der Waals surface area contributed by atoms with Crippen LogP contribution in [0.4, 0.5) is 4.79 Å². The number of alkyl carbamates (subject to hydrolysis) is 1. The molecule has 0 fully saturated rings. The van der Waals surface area contributed by atoms with Crippen LogP contribution in [0, 0.1) is 5.92 Å². The number of benzene rings is 2. The van der Waals surface area contributed by atoms with Gasteiger partial charge in [0, 0.05) is 17.3 Å². The lowest BCUT2D eigenvalue weighted by Gasteiger charge is -2.35. The summed E-state index contributed by atoms with van der Waals surface area (Å²) in [7, 11) is -0.672. The van der Waals surface area contributed by atoms with Crippen LogP contribution in [0.2, 0.25) is 18.1 Å². The molecule has 1 aliphatic rings. The molecule has 0 unspecified atom stereocenters. The van der Waals surface area contributed by atoms with E-state index in [1.165, 1.54) is 40.7 Å². The molecule has 0 bridgehead atoms. The van der Waals surface area contributed by atoms with Crippen molar-refractivity contribution in [2.45, 2.75) is 77.2 Å². The van der Waals surface area contributed by atoms with Gasteiger partial charge < -0.3 is 19.2 Å². The predicted octanol–water partition coefficient (Wildman–Crippen LogP) is 7.95. The lowest BCUT2D eigenvalue weighted by Crippen LogP contribution is -2.43. The molecule has 1 heterocycles. The number of hydrogen-bond donors (Lipinski definition) is 1. The van der Waals surface area contributed by atoms with Crippen LogP contribution in [0.3, 0.4) is 0 Å². The van der Waals surface area contributed by atoms with E-state index in [0.717, 1.165) is 23.1 Å². The standard InChI is InChI=1S/C32H42N2O5SSi/c1-7-41(8-2,9-3)39-29(30-33-28(20-40-30)31(35)37-6)18-27(21(4)5)34-32(36)38-19-26-24-16-12-10-14-22(24)23-15-11-13-17-25(23)26/h10-17,20-21,26-27,29H,7-9,18-19H2,1-6H3,(H,34,36)/t27-,29-/m1/s1. The number of nitrogens with zero attached hydrogens (tertiary/aromatic N) is 1. The van der Waals surface area contributed by atoms with Crippen LogP contribution < -0.4 is 5.32 Å². The molecule has 1 amide bonds. The molecule has 9 heteroatoms. The molecule has 220 valence electrons. The molecule has 0 aliphatic heterocycles. The minimum absolute atomic E-state index is 0.000859. The van der Waals surface area contributed by atoms with Crippen LogP contribution in [-0.4, -0.2) is 45.1 Å². The predicted molar refractivity (Wildman–Crippen MR) is 166 cm³/mol. The molecule has 2 aromatic carbocycles. The van der Waals surface area contributed by atoms with Crippen molar-refractivity contribution in [3.63, 3.8) is 0 Å². The highest BCUT2D eigenvalue weighted by Gasteiger charge is 2.36. The average Bonchev–Trinajstić information content (AvgIpc) is 3.61. The summed E-state index contributed by atoms with van der Waals surface area (Å²) in [5.74, 6) is -0.338. The molecule has 1 N–H and O–H groups in total. The maximum Gasteiger partial charge on any atom is 0.407 e. The molecule has 1 aromatic heterocycles. The Morgan fingerprint density at radius 3 is 2.10 bits per heavy atom. The Morgan fingerprint density at radius 1 is 0.976 bits per heavy atom. The Morgan fingerprint density at radius 2 is 1.56 bits per heavy atom. The molecule has 41 heavy (non-hydrogen) atoms. The molecule has 4 rings (SSSR count). The van der Waals surface area contributed by atoms with E-state index < -0.39 is 20.4 Å². The molecule has 0 spiro atoms. The third-order valence-electron chi connectivity index (χ3n) is 8.44. The Hall–Kier alpha value is -3.01. The minimum atomic E-state index is -2.02. The lowest BCUT2D eigenvalue weighted by molar-refractivity contribution is 0.0594. The zero-order valence-electron chi connectivity index (χ0n) is 24.9. The maximum absolute atomic E-state index is 13.2. The summed E-state index contributed by atoms with van der Waals surface area (Å²) in [5.41, 5.74) is 5.04. The van der Waals surface area contributed by atoms with E-state index in [4.69, 9.17) is 13.9 Å². The number of fused-ring (bicyclic) bond motifs is 3. The van der Waals surface area contributed by atoms with E-state index >= 15 is 0 Å². The van der Waals surface area contributed by atoms with E-state index in [0.29, 0.717) is 6.42 Å². The second-order valence-electron chi connectivity index (χ2n) is 11.0. The number of carbonyl (C=O) groups is 2. The van der Waals surface area contributed by atoms with E-state index in [9.17, 15) is 9.59 Å². The number of aromatic nitrogens is 1. The number of ether oxygens (including phenoxy) is 2. The van der Waals surface area contributed by atoms with Gasteiger partial charge in [0.2, 0.25) is 0 Å². The first-order valence-electron chi connectivity index (χ1n) is 14.6. The number of rotatable bonds is 13. The minimum Gasteiger partial charge on any atom is -0.464 e. The zero-order valence-corrected chi connectivity index (χ0v) is 26.8. The van der Waals surface area contributed by atoms with Gasteiger partial charge in [-0.25, -0.2) is 14.6 Å². The number of amides is 1. The second-order valence-corrected chi connectivity index (χ2v) is 16.6. The van der Waals surface area contributed by atoms with E-state index in [2.05, 4.69) is 69.2 Å². The number of methoxy groups -OCH3 is 1. The molecule has 0 radical (unpaired) electrons. The van der Waals surface area contributed by atoms with Crippen molar-refractivity contribution in [2.24, 2.45) is 5.92 Å². The SMILES string of the molecule is CC[Si](CC)(CC)O[C@H](C[C@@H](NC(=O)OCC1c2ccccc2-c2ccccc21)C(C)C)c1nc(C(=O)OC)cs1. The van der Waals surface area contributed by atoms with E-state index in [-0.39, 0.29) is 36.3 Å². The summed E-state index contributed by atoms with van der Waals surface area (Å²) in [6.45, 7) is 11.0. The summed E-state index contributed by atoms with van der Waals surface area (Å²) in [6, 6.07) is 19.4. The zero-order chi connectivity index (χ0) is 29.6. The molecular formula is C32H42N2O5SSi. The van der Waals surface area contributed by atoms with Gasteiger partial charge in [0.1, 0.15) is 11.6 Å². The van der Waals surface area contributed by atoms with Gasteiger partial charge in [-0.05, 0) is 52.7 Å². The van der Waals surface area contributed by atoms with E-state index in [1.54, 1.807) is 5.38 Å². The van der Waals surface area contributed by atoms with Crippen molar-refractivity contribution < 1.29 is 23.5 Å². The summed E-state index contributed by atoms with van der Waals surface area (Å²) in [5, 5.41) is 5.58. The maximum atomic E-state index is 13.2. The first-order valence-corrected chi connectivity index (χ1v) is 18.0. The van der Waals surface area contributed by atoms with Crippen molar-refractivity contribution in [1.29, 1.82) is 0 Å². The molecule has 0 saturated carbocycles. The van der Waals surface area contributed by atoms with Crippen LogP contribution >= 0.6 is 11.3 Å². The topological polar surface area (TPSA) is 86.8 Å². The van der Waals surface area contributed by atoms with Crippen LogP contribution in [0.25, 0.3) is 11.1 Å². The van der Waals surface area contributed by atoms with Crippen molar-refractivity contribution in [1.82, 2.24) is 10.3 Å². The largest absolute Gasteiger partial charge is 0.464 e. The monoisotopic (exact) mass is 594 g/mol. The summed E-state index contributed by atoms with van der Waals surface area (Å²) in [6.07, 6.45) is -0.250. The van der Waals surface area contributed by atoms with Gasteiger partial charge in [0.25, 0.3) is 0 Å². The van der Waals surface area contributed by atoms with Crippen LogP contribution in [0.1, 0.15) is 79.7 Å². The molecule has 3 aromatic rings. The van der Waals surface area contributed by atoms with Crippen LogP contribution in [0.15, 0.2) is 53.9 Å². The number of hydrogen-bond acceptors (Lipinski definition) is 7. The van der Waals surface area contributed by atoms with Crippen molar-refractivity contribution in [3.05, 3.63) is 75.7 Å². The van der Waals surface area contributed by atoms with Crippen molar-refractivity contribution in [2.75, 3.05) is 13.7 Å². The van der Waals surface area contributed by atoms with Gasteiger partial charge in [-0.15, -0.1) is 11.3 Å². The van der Waals surface area contributed by atoms with Crippen molar-refractivity contribution >= 4 is 31.7 Å². The molecule has 2 atom stereocenters. The summed E-state index contributed by atoms with van der Waals surface area (Å²) < 4.78 is 17.7. The van der Waals surface area contributed by atoms with Gasteiger partial charge in [0.05, 0.1) is 13.2 Å². The highest BCUT2D eigenvalue weighted by Crippen LogP contribution is 2.44. The molecular weight excluding hydrogens is 553 g/mol. The Kier molecular flexibility index (Phi) is 10.4. The fourth-order valence-corrected chi connectivity index (χ4v) is 9.38. The average molecular weight is 595 g/mol. The van der Waals surface area contributed by atoms with Gasteiger partial charge in [-0.3, -0.25) is 0 Å². The third kappa shape index (κ3) is 6.90. The number of carbonyl (C=O) groups excluding carboxylic acids is 2. The third-order valence-corrected chi connectivity index (χ3v) is 14.0. The number of esters is 1. The first-order chi connectivity index (χ1) is 19.8. The molecule has 0 saturated heterocycles. The van der Waals surface area contributed by atoms with Gasteiger partial charge in [-0.2, -0.15) is 0 Å². The van der Waals surface area contributed by atoms with Crippen LogP contribution in [0.5, 0.6) is 0 Å². The quantitative estimate of drug-likeness (QED) is 0.160. The Labute approximate surface area is 248 Å². The van der Waals surface area contributed by atoms with Gasteiger partial charge >= 0.3 is 12.1 Å². The fraction of sp³-hybridized carbons (Fsp3) is 0.469. The van der Waals surface area contributed by atoms with Gasteiger partial charge in [0.15, 0.2) is 14.0 Å². The highest BCUT2D eigenvalue weighted by atomic mass is 32.1. The van der Waals surface area contributed by atoms with Crippen molar-refractivity contribution in [3.8, 4) is 11.1 Å². The molecule has 7 nitrogen and oxygen atoms in total. The van der Waals surface area contributed by atoms with Gasteiger partial charge in [-0.1, -0.05) is 83.1 Å². The lowest BCUT2D eigenvalue weighted by atomic mass is 9.98. The second kappa shape index (κ2) is 13.8. The first kappa shape index (κ1) is 30.9. The Bertz CT molecular complexity index is 1290.